The molecule has 7 heteroatoms. The molecule has 0 radical (unpaired) electrons. The highest BCUT2D eigenvalue weighted by Gasteiger charge is 2.29. The van der Waals surface area contributed by atoms with Crippen LogP contribution in [0, 0.1) is 13.8 Å². The smallest absolute Gasteiger partial charge is 0.179 e. The van der Waals surface area contributed by atoms with Crippen LogP contribution in [0.1, 0.15) is 45.1 Å². The predicted molar refractivity (Wildman–Crippen MR) is 98.4 cm³/mol. The molecule has 0 bridgehead atoms. The van der Waals surface area contributed by atoms with Gasteiger partial charge in [0.05, 0.1) is 38.6 Å². The first-order valence-corrected chi connectivity index (χ1v) is 9.78. The summed E-state index contributed by atoms with van der Waals surface area (Å²) in [5, 5.41) is 1.85. The molecule has 1 aliphatic heterocycles. The number of ketones is 2. The summed E-state index contributed by atoms with van der Waals surface area (Å²) in [6.07, 6.45) is 4.97. The highest BCUT2D eigenvalue weighted by molar-refractivity contribution is 7.21. The van der Waals surface area contributed by atoms with Crippen molar-refractivity contribution in [3.8, 4) is 9.75 Å². The van der Waals surface area contributed by atoms with Crippen LogP contribution in [0.15, 0.2) is 24.5 Å². The zero-order valence-electron chi connectivity index (χ0n) is 14.0. The number of carbonyl (C=O) groups excluding carboxylic acids is 2. The van der Waals surface area contributed by atoms with Crippen LogP contribution in [-0.4, -0.2) is 26.1 Å². The minimum atomic E-state index is -0.262. The van der Waals surface area contributed by atoms with E-state index in [4.69, 9.17) is 0 Å². The van der Waals surface area contributed by atoms with E-state index in [9.17, 15) is 9.59 Å². The molecule has 25 heavy (non-hydrogen) atoms. The maximum absolute atomic E-state index is 12.8. The number of aromatic nitrogens is 3. The van der Waals surface area contributed by atoms with E-state index in [1.807, 2.05) is 36.9 Å². The summed E-state index contributed by atoms with van der Waals surface area (Å²) >= 11 is 3.20. The van der Waals surface area contributed by atoms with Gasteiger partial charge >= 0.3 is 0 Å². The van der Waals surface area contributed by atoms with Gasteiger partial charge in [0.1, 0.15) is 5.01 Å². The highest BCUT2D eigenvalue weighted by Crippen LogP contribution is 2.34. The molecule has 1 aliphatic rings. The number of rotatable bonds is 4. The number of aryl methyl sites for hydroxylation is 2. The van der Waals surface area contributed by atoms with Gasteiger partial charge in [-0.05, 0) is 32.4 Å². The van der Waals surface area contributed by atoms with Gasteiger partial charge in [0.15, 0.2) is 11.6 Å². The number of nitrogens with zero attached hydrogens (tertiary/aromatic N) is 3. The van der Waals surface area contributed by atoms with Crippen molar-refractivity contribution < 1.29 is 9.59 Å². The number of carbonyl (C=O) groups is 2. The zero-order valence-corrected chi connectivity index (χ0v) is 15.6. The summed E-state index contributed by atoms with van der Waals surface area (Å²) in [5.41, 5.74) is 1.65. The summed E-state index contributed by atoms with van der Waals surface area (Å²) in [4.78, 5) is 35.8. The van der Waals surface area contributed by atoms with Crippen LogP contribution in [0.5, 0.6) is 0 Å². The summed E-state index contributed by atoms with van der Waals surface area (Å²) in [7, 11) is 0. The molecule has 0 fully saturated rings. The van der Waals surface area contributed by atoms with E-state index in [1.54, 1.807) is 28.7 Å². The fourth-order valence-corrected chi connectivity index (χ4v) is 5.27. The minimum Gasteiger partial charge on any atom is -0.335 e. The Hall–Kier alpha value is -2.12. The Bertz CT molecular complexity index is 967. The van der Waals surface area contributed by atoms with E-state index in [-0.39, 0.29) is 17.6 Å². The highest BCUT2D eigenvalue weighted by atomic mass is 32.1. The largest absolute Gasteiger partial charge is 0.335 e. The molecule has 5 nitrogen and oxygen atoms in total. The molecule has 0 saturated carbocycles. The van der Waals surface area contributed by atoms with Crippen molar-refractivity contribution in [2.75, 3.05) is 0 Å². The van der Waals surface area contributed by atoms with Crippen molar-refractivity contribution in [3.63, 3.8) is 0 Å². The quantitative estimate of drug-likeness (QED) is 0.695. The van der Waals surface area contributed by atoms with E-state index >= 15 is 0 Å². The summed E-state index contributed by atoms with van der Waals surface area (Å²) in [6, 6.07) is 3.36. The molecule has 0 spiro atoms. The maximum atomic E-state index is 12.8. The number of hydrogen-bond acceptors (Lipinski definition) is 6. The van der Waals surface area contributed by atoms with Gasteiger partial charge in [-0.15, -0.1) is 22.7 Å². The molecule has 0 aromatic carbocycles. The van der Waals surface area contributed by atoms with Crippen LogP contribution < -0.4 is 0 Å². The van der Waals surface area contributed by atoms with E-state index in [0.717, 1.165) is 25.5 Å². The van der Waals surface area contributed by atoms with Crippen LogP contribution in [-0.2, 0) is 11.2 Å². The summed E-state index contributed by atoms with van der Waals surface area (Å²) in [5.74, 6) is 0.227. The minimum absolute atomic E-state index is 0.113. The normalized spacial score (nSPS) is 16.9. The second kappa shape index (κ2) is 6.31. The van der Waals surface area contributed by atoms with Gasteiger partial charge in [0, 0.05) is 18.8 Å². The van der Waals surface area contributed by atoms with Crippen LogP contribution in [0.2, 0.25) is 0 Å². The van der Waals surface area contributed by atoms with Crippen LogP contribution in [0.3, 0.4) is 0 Å². The lowest BCUT2D eigenvalue weighted by molar-refractivity contribution is -0.121. The van der Waals surface area contributed by atoms with Gasteiger partial charge in [0.2, 0.25) is 0 Å². The van der Waals surface area contributed by atoms with Crippen molar-refractivity contribution in [2.24, 2.45) is 0 Å². The third-order valence-electron chi connectivity index (χ3n) is 4.42. The van der Waals surface area contributed by atoms with Crippen LogP contribution >= 0.6 is 22.7 Å². The number of thiazole rings is 2. The topological polar surface area (TPSA) is 64.8 Å². The molecule has 128 valence electrons. The average Bonchev–Trinajstić information content (AvgIpc) is 3.28. The van der Waals surface area contributed by atoms with Gasteiger partial charge in [0.25, 0.3) is 0 Å². The molecule has 0 N–H and O–H groups in total. The maximum Gasteiger partial charge on any atom is 0.179 e. The van der Waals surface area contributed by atoms with Crippen molar-refractivity contribution in [1.29, 1.82) is 0 Å². The number of hydrogen-bond donors (Lipinski definition) is 0. The third-order valence-corrected chi connectivity index (χ3v) is 6.67. The Morgan fingerprint density at radius 1 is 1.36 bits per heavy atom. The van der Waals surface area contributed by atoms with E-state index in [2.05, 4.69) is 9.97 Å². The molecule has 4 rings (SSSR count). The molecular weight excluding hydrogens is 354 g/mol. The lowest BCUT2D eigenvalue weighted by Crippen LogP contribution is -2.28. The Labute approximate surface area is 153 Å². The molecule has 4 heterocycles. The SMILES string of the molecule is Cc1nc(C)c(-c2cnc(CC(=O)C3CCC(=O)c4cccn43)s2)s1. The van der Waals surface area contributed by atoms with Gasteiger partial charge in [-0.2, -0.15) is 0 Å². The van der Waals surface area contributed by atoms with Crippen molar-refractivity contribution >= 4 is 34.2 Å². The molecule has 0 saturated heterocycles. The molecule has 1 atom stereocenters. The second-order valence-corrected chi connectivity index (χ2v) is 8.51. The molecule has 1 unspecified atom stereocenters. The molecule has 0 aliphatic carbocycles. The molecule has 3 aromatic rings. The molecular formula is C18H17N3O2S2. The van der Waals surface area contributed by atoms with Crippen molar-refractivity contribution in [3.05, 3.63) is 45.9 Å². The molecule has 3 aromatic heterocycles. The summed E-state index contributed by atoms with van der Waals surface area (Å²) in [6.45, 7) is 3.99. The Kier molecular flexibility index (Phi) is 4.13. The first kappa shape index (κ1) is 16.4. The first-order chi connectivity index (χ1) is 12.0. The Morgan fingerprint density at radius 2 is 2.20 bits per heavy atom. The Balaban J connectivity index is 1.54. The first-order valence-electron chi connectivity index (χ1n) is 8.15. The van der Waals surface area contributed by atoms with Gasteiger partial charge in [-0.1, -0.05) is 0 Å². The predicted octanol–water partition coefficient (Wildman–Crippen LogP) is 4.01. The average molecular weight is 371 g/mol. The third kappa shape index (κ3) is 2.98. The fourth-order valence-electron chi connectivity index (χ4n) is 3.28. The lowest BCUT2D eigenvalue weighted by Gasteiger charge is -2.24. The molecule has 0 amide bonds. The van der Waals surface area contributed by atoms with E-state index < -0.39 is 0 Å². The van der Waals surface area contributed by atoms with Gasteiger partial charge in [-0.25, -0.2) is 9.97 Å². The van der Waals surface area contributed by atoms with Crippen LogP contribution in [0.4, 0.5) is 0 Å². The zero-order chi connectivity index (χ0) is 17.6. The van der Waals surface area contributed by atoms with Gasteiger partial charge < -0.3 is 4.57 Å². The Morgan fingerprint density at radius 3 is 2.96 bits per heavy atom. The number of fused-ring (bicyclic) bond motifs is 1. The number of Topliss-reactive ketones (excluding diaryl/α,β-unsaturated/α-hetero) is 2. The van der Waals surface area contributed by atoms with E-state index in [0.29, 0.717) is 25.0 Å². The standard InChI is InChI=1S/C18H17N3O2S2/c1-10-18(24-11(2)20-10)16-9-19-17(25-16)8-15(23)13-5-6-14(22)12-4-3-7-21(12)13/h3-4,7,9,13H,5-6,8H2,1-2H3. The van der Waals surface area contributed by atoms with Crippen LogP contribution in [0.25, 0.3) is 9.75 Å². The van der Waals surface area contributed by atoms with Crippen molar-refractivity contribution in [1.82, 2.24) is 14.5 Å². The van der Waals surface area contributed by atoms with Crippen molar-refractivity contribution in [2.45, 2.75) is 39.2 Å². The van der Waals surface area contributed by atoms with E-state index in [1.165, 1.54) is 0 Å². The fraction of sp³-hybridized carbons (Fsp3) is 0.333. The monoisotopic (exact) mass is 371 g/mol. The van der Waals surface area contributed by atoms with Gasteiger partial charge in [-0.3, -0.25) is 9.59 Å². The summed E-state index contributed by atoms with van der Waals surface area (Å²) < 4.78 is 1.82. The second-order valence-electron chi connectivity index (χ2n) is 6.19. The lowest BCUT2D eigenvalue weighted by atomic mass is 9.97.